The molecule has 1 aromatic heterocycles. The number of aryl methyl sites for hydroxylation is 1. The Morgan fingerprint density at radius 1 is 0.952 bits per heavy atom. The molecule has 0 bridgehead atoms. The molecule has 3 aromatic carbocycles. The van der Waals surface area contributed by atoms with Gasteiger partial charge in [-0.25, -0.2) is 4.98 Å². The molecule has 1 atom stereocenters. The van der Waals surface area contributed by atoms with E-state index in [-0.39, 0.29) is 22.8 Å². The number of anilines is 2. The standard InChI is InChI=1S/C33H34N4O3S2/c1-5-29(32(40)37-33-34-22(4)20-41-33)42-27-13-9-12-26(19-27)35-31(39)28(36-30(38)25-10-7-6-8-11-25)18-23-14-16-24(17-15-23)21(2)3/h6-21,29H,5H2,1-4H3,(H,35,39)(H,36,38)(H,34,37,40)/b28-18+. The Morgan fingerprint density at radius 3 is 2.33 bits per heavy atom. The first-order valence-electron chi connectivity index (χ1n) is 13.7. The van der Waals surface area contributed by atoms with Crippen molar-refractivity contribution >= 4 is 57.7 Å². The first-order chi connectivity index (χ1) is 20.2. The average Bonchev–Trinajstić information content (AvgIpc) is 3.40. The summed E-state index contributed by atoms with van der Waals surface area (Å²) in [6.45, 7) is 8.07. The molecule has 4 aromatic rings. The number of nitrogens with one attached hydrogen (secondary N) is 3. The molecule has 0 aliphatic rings. The van der Waals surface area contributed by atoms with Crippen LogP contribution in [0.15, 0.2) is 94.8 Å². The molecule has 42 heavy (non-hydrogen) atoms. The van der Waals surface area contributed by atoms with Crippen LogP contribution in [0.1, 0.15) is 60.3 Å². The minimum Gasteiger partial charge on any atom is -0.321 e. The van der Waals surface area contributed by atoms with Gasteiger partial charge in [-0.15, -0.1) is 23.1 Å². The smallest absolute Gasteiger partial charge is 0.272 e. The van der Waals surface area contributed by atoms with Gasteiger partial charge in [0, 0.05) is 21.5 Å². The molecule has 4 rings (SSSR count). The van der Waals surface area contributed by atoms with Crippen LogP contribution >= 0.6 is 23.1 Å². The van der Waals surface area contributed by atoms with Gasteiger partial charge in [-0.05, 0) is 66.8 Å². The number of thioether (sulfide) groups is 1. The third-order valence-electron chi connectivity index (χ3n) is 6.33. The van der Waals surface area contributed by atoms with Gasteiger partial charge in [0.2, 0.25) is 5.91 Å². The second-order valence-corrected chi connectivity index (χ2v) is 12.1. The highest BCUT2D eigenvalue weighted by Crippen LogP contribution is 2.29. The normalized spacial score (nSPS) is 12.1. The van der Waals surface area contributed by atoms with E-state index >= 15 is 0 Å². The van der Waals surface area contributed by atoms with Crippen molar-refractivity contribution in [2.45, 2.75) is 50.2 Å². The van der Waals surface area contributed by atoms with Gasteiger partial charge in [-0.3, -0.25) is 14.4 Å². The Kier molecular flexibility index (Phi) is 10.7. The van der Waals surface area contributed by atoms with E-state index in [9.17, 15) is 14.4 Å². The largest absolute Gasteiger partial charge is 0.321 e. The average molecular weight is 599 g/mol. The predicted octanol–water partition coefficient (Wildman–Crippen LogP) is 7.49. The number of nitrogens with zero attached hydrogens (tertiary/aromatic N) is 1. The van der Waals surface area contributed by atoms with Crippen molar-refractivity contribution in [2.24, 2.45) is 0 Å². The monoisotopic (exact) mass is 598 g/mol. The number of rotatable bonds is 11. The second kappa shape index (κ2) is 14.6. The van der Waals surface area contributed by atoms with E-state index in [0.29, 0.717) is 28.7 Å². The molecule has 3 N–H and O–H groups in total. The summed E-state index contributed by atoms with van der Waals surface area (Å²) in [7, 11) is 0. The zero-order valence-electron chi connectivity index (χ0n) is 24.0. The molecule has 0 spiro atoms. The van der Waals surface area contributed by atoms with Gasteiger partial charge in [0.15, 0.2) is 5.13 Å². The summed E-state index contributed by atoms with van der Waals surface area (Å²) >= 11 is 2.81. The van der Waals surface area contributed by atoms with E-state index < -0.39 is 5.91 Å². The summed E-state index contributed by atoms with van der Waals surface area (Å²) in [5.74, 6) is -0.585. The van der Waals surface area contributed by atoms with Gasteiger partial charge in [0.05, 0.1) is 10.9 Å². The van der Waals surface area contributed by atoms with Crippen molar-refractivity contribution in [2.75, 3.05) is 10.6 Å². The number of benzene rings is 3. The highest BCUT2D eigenvalue weighted by atomic mass is 32.2. The lowest BCUT2D eigenvalue weighted by Gasteiger charge is -2.15. The van der Waals surface area contributed by atoms with Crippen LogP contribution in [0, 0.1) is 6.92 Å². The lowest BCUT2D eigenvalue weighted by Crippen LogP contribution is -2.30. The van der Waals surface area contributed by atoms with Crippen LogP contribution in [0.25, 0.3) is 6.08 Å². The molecule has 0 saturated carbocycles. The van der Waals surface area contributed by atoms with Crippen molar-refractivity contribution in [3.8, 4) is 0 Å². The van der Waals surface area contributed by atoms with E-state index in [1.807, 2.05) is 67.8 Å². The molecule has 3 amide bonds. The van der Waals surface area contributed by atoms with Crippen molar-refractivity contribution in [1.29, 1.82) is 0 Å². The Labute approximate surface area is 254 Å². The summed E-state index contributed by atoms with van der Waals surface area (Å²) in [5, 5.41) is 10.7. The Bertz CT molecular complexity index is 1560. The Hall–Kier alpha value is -4.21. The summed E-state index contributed by atoms with van der Waals surface area (Å²) in [6.07, 6.45) is 2.28. The van der Waals surface area contributed by atoms with Crippen LogP contribution in [-0.4, -0.2) is 28.0 Å². The fourth-order valence-electron chi connectivity index (χ4n) is 4.02. The van der Waals surface area contributed by atoms with Crippen molar-refractivity contribution in [1.82, 2.24) is 10.3 Å². The molecule has 1 unspecified atom stereocenters. The summed E-state index contributed by atoms with van der Waals surface area (Å²) in [5.41, 5.74) is 3.94. The molecule has 0 radical (unpaired) electrons. The van der Waals surface area contributed by atoms with E-state index in [1.165, 1.54) is 28.7 Å². The Balaban J connectivity index is 1.51. The van der Waals surface area contributed by atoms with Gasteiger partial charge in [0.1, 0.15) is 5.70 Å². The molecule has 0 aliphatic heterocycles. The zero-order chi connectivity index (χ0) is 30.1. The summed E-state index contributed by atoms with van der Waals surface area (Å²) in [6, 6.07) is 24.0. The first kappa shape index (κ1) is 30.7. The van der Waals surface area contributed by atoms with Gasteiger partial charge in [-0.1, -0.05) is 69.3 Å². The molecule has 9 heteroatoms. The molecular formula is C33H34N4O3S2. The van der Waals surface area contributed by atoms with E-state index in [2.05, 4.69) is 34.8 Å². The quantitative estimate of drug-likeness (QED) is 0.123. The minimum atomic E-state index is -0.460. The molecule has 216 valence electrons. The van der Waals surface area contributed by atoms with Crippen LogP contribution < -0.4 is 16.0 Å². The maximum absolute atomic E-state index is 13.5. The van der Waals surface area contributed by atoms with E-state index in [1.54, 1.807) is 36.4 Å². The predicted molar refractivity (Wildman–Crippen MR) is 173 cm³/mol. The molecule has 7 nitrogen and oxygen atoms in total. The number of thiazole rings is 1. The molecule has 0 saturated heterocycles. The maximum Gasteiger partial charge on any atom is 0.272 e. The van der Waals surface area contributed by atoms with Gasteiger partial charge < -0.3 is 16.0 Å². The van der Waals surface area contributed by atoms with Crippen LogP contribution in [0.3, 0.4) is 0 Å². The Morgan fingerprint density at radius 2 is 1.69 bits per heavy atom. The lowest BCUT2D eigenvalue weighted by atomic mass is 10.0. The van der Waals surface area contributed by atoms with Crippen LogP contribution in [0.2, 0.25) is 0 Å². The molecule has 0 aliphatic carbocycles. The molecule has 0 fully saturated rings. The highest BCUT2D eigenvalue weighted by Gasteiger charge is 2.20. The van der Waals surface area contributed by atoms with Gasteiger partial charge in [-0.2, -0.15) is 0 Å². The number of carbonyl (C=O) groups is 3. The van der Waals surface area contributed by atoms with E-state index in [0.717, 1.165) is 16.2 Å². The fourth-order valence-corrected chi connectivity index (χ4v) is 5.72. The van der Waals surface area contributed by atoms with E-state index in [4.69, 9.17) is 0 Å². The van der Waals surface area contributed by atoms with Crippen LogP contribution in [0.5, 0.6) is 0 Å². The van der Waals surface area contributed by atoms with Crippen molar-refractivity contribution in [3.63, 3.8) is 0 Å². The zero-order valence-corrected chi connectivity index (χ0v) is 25.6. The molecular weight excluding hydrogens is 565 g/mol. The van der Waals surface area contributed by atoms with Crippen LogP contribution in [0.4, 0.5) is 10.8 Å². The third-order valence-corrected chi connectivity index (χ3v) is 8.56. The number of amides is 3. The first-order valence-corrected chi connectivity index (χ1v) is 15.5. The topological polar surface area (TPSA) is 100 Å². The fraction of sp³-hybridized carbons (Fsp3) is 0.212. The lowest BCUT2D eigenvalue weighted by molar-refractivity contribution is -0.116. The number of aromatic nitrogens is 1. The number of carbonyl (C=O) groups excluding carboxylic acids is 3. The second-order valence-electron chi connectivity index (χ2n) is 9.98. The van der Waals surface area contributed by atoms with Gasteiger partial charge in [0.25, 0.3) is 11.8 Å². The molecule has 1 heterocycles. The van der Waals surface area contributed by atoms with Gasteiger partial charge >= 0.3 is 0 Å². The number of hydrogen-bond donors (Lipinski definition) is 3. The summed E-state index contributed by atoms with van der Waals surface area (Å²) in [4.78, 5) is 44.5. The summed E-state index contributed by atoms with van der Waals surface area (Å²) < 4.78 is 0. The van der Waals surface area contributed by atoms with Crippen molar-refractivity contribution in [3.05, 3.63) is 112 Å². The highest BCUT2D eigenvalue weighted by molar-refractivity contribution is 8.00. The van der Waals surface area contributed by atoms with Crippen molar-refractivity contribution < 1.29 is 14.4 Å². The third kappa shape index (κ3) is 8.64. The maximum atomic E-state index is 13.5. The van der Waals surface area contributed by atoms with Crippen LogP contribution in [-0.2, 0) is 9.59 Å². The SMILES string of the molecule is CCC(Sc1cccc(NC(=O)/C(=C\c2ccc(C(C)C)cc2)NC(=O)c2ccccc2)c1)C(=O)Nc1nc(C)cs1. The minimum absolute atomic E-state index is 0.115. The number of hydrogen-bond acceptors (Lipinski definition) is 6.